The molecule has 1 aliphatic rings. The SMILES string of the molecule is O=C1c2ccccc2C(=O)N1SCCC(F)(Cl)Cl. The molecule has 18 heavy (non-hydrogen) atoms. The quantitative estimate of drug-likeness (QED) is 0.486. The maximum absolute atomic E-state index is 12.8. The summed E-state index contributed by atoms with van der Waals surface area (Å²) in [7, 11) is 0. The summed E-state index contributed by atoms with van der Waals surface area (Å²) in [4.78, 5) is 23.8. The second kappa shape index (κ2) is 5.07. The Bertz CT molecular complexity index is 469. The molecule has 0 saturated heterocycles. The lowest BCUT2D eigenvalue weighted by molar-refractivity contribution is 0.0777. The van der Waals surface area contributed by atoms with Gasteiger partial charge in [-0.15, -0.1) is 0 Å². The van der Waals surface area contributed by atoms with Crippen LogP contribution >= 0.6 is 35.1 Å². The molecule has 7 heteroatoms. The molecular weight excluding hydrogens is 300 g/mol. The van der Waals surface area contributed by atoms with Gasteiger partial charge in [0.2, 0.25) is 0 Å². The first-order valence-electron chi connectivity index (χ1n) is 5.07. The third-order valence-electron chi connectivity index (χ3n) is 2.36. The molecule has 0 aromatic heterocycles. The van der Waals surface area contributed by atoms with Gasteiger partial charge in [0.05, 0.1) is 11.1 Å². The highest BCUT2D eigenvalue weighted by molar-refractivity contribution is 7.98. The van der Waals surface area contributed by atoms with Crippen LogP contribution in [0.25, 0.3) is 0 Å². The maximum Gasteiger partial charge on any atom is 0.271 e. The molecule has 0 unspecified atom stereocenters. The number of fused-ring (bicyclic) bond motifs is 1. The number of alkyl halides is 3. The second-order valence-corrected chi connectivity index (χ2v) is 6.07. The molecule has 96 valence electrons. The first-order chi connectivity index (χ1) is 8.40. The van der Waals surface area contributed by atoms with E-state index in [1.54, 1.807) is 24.3 Å². The molecule has 1 aliphatic heterocycles. The van der Waals surface area contributed by atoms with Crippen LogP contribution in [0.1, 0.15) is 27.1 Å². The zero-order valence-electron chi connectivity index (χ0n) is 9.03. The van der Waals surface area contributed by atoms with Gasteiger partial charge < -0.3 is 0 Å². The Morgan fingerprint density at radius 3 is 2.11 bits per heavy atom. The van der Waals surface area contributed by atoms with Crippen molar-refractivity contribution in [3.05, 3.63) is 35.4 Å². The topological polar surface area (TPSA) is 37.4 Å². The fourth-order valence-electron chi connectivity index (χ4n) is 1.54. The molecule has 1 heterocycles. The zero-order chi connectivity index (χ0) is 13.3. The molecule has 0 N–H and O–H groups in total. The number of hydrogen-bond acceptors (Lipinski definition) is 3. The van der Waals surface area contributed by atoms with Crippen molar-refractivity contribution in [1.29, 1.82) is 0 Å². The van der Waals surface area contributed by atoms with Gasteiger partial charge in [-0.3, -0.25) is 9.59 Å². The highest BCUT2D eigenvalue weighted by Gasteiger charge is 2.36. The summed E-state index contributed by atoms with van der Waals surface area (Å²) in [6.45, 7) is 0. The summed E-state index contributed by atoms with van der Waals surface area (Å²) in [6, 6.07) is 6.53. The molecule has 0 bridgehead atoms. The van der Waals surface area contributed by atoms with Gasteiger partial charge >= 0.3 is 0 Å². The number of hydrogen-bond donors (Lipinski definition) is 0. The van der Waals surface area contributed by atoms with Gasteiger partial charge in [0, 0.05) is 12.2 Å². The van der Waals surface area contributed by atoms with Gasteiger partial charge in [0.15, 0.2) is 0 Å². The van der Waals surface area contributed by atoms with Crippen LogP contribution in [0.3, 0.4) is 0 Å². The van der Waals surface area contributed by atoms with Crippen molar-refractivity contribution in [3.8, 4) is 0 Å². The van der Waals surface area contributed by atoms with Crippen LogP contribution < -0.4 is 0 Å². The monoisotopic (exact) mass is 307 g/mol. The van der Waals surface area contributed by atoms with Crippen molar-refractivity contribution in [2.75, 3.05) is 5.75 Å². The molecule has 0 atom stereocenters. The number of imide groups is 1. The average Bonchev–Trinajstić information content (AvgIpc) is 2.53. The largest absolute Gasteiger partial charge is 0.271 e. The molecule has 2 rings (SSSR count). The fourth-order valence-corrected chi connectivity index (χ4v) is 2.94. The number of benzene rings is 1. The maximum atomic E-state index is 12.8. The fraction of sp³-hybridized carbons (Fsp3) is 0.273. The van der Waals surface area contributed by atoms with E-state index in [9.17, 15) is 14.0 Å². The minimum Gasteiger partial charge on any atom is -0.268 e. The van der Waals surface area contributed by atoms with Gasteiger partial charge in [0.25, 0.3) is 16.4 Å². The van der Waals surface area contributed by atoms with Crippen LogP contribution in [0.2, 0.25) is 0 Å². The number of halogens is 3. The molecule has 1 aromatic carbocycles. The van der Waals surface area contributed by atoms with E-state index in [2.05, 4.69) is 0 Å². The molecular formula is C11H8Cl2FNO2S. The summed E-state index contributed by atoms with van der Waals surface area (Å²) >= 11 is 11.3. The van der Waals surface area contributed by atoms with Crippen LogP contribution in [-0.4, -0.2) is 26.5 Å². The Kier molecular flexibility index (Phi) is 3.84. The summed E-state index contributed by atoms with van der Waals surface area (Å²) in [5.41, 5.74) is 0.719. The van der Waals surface area contributed by atoms with E-state index in [4.69, 9.17) is 23.2 Å². The van der Waals surface area contributed by atoms with E-state index >= 15 is 0 Å². The standard InChI is InChI=1S/C11H8Cl2FNO2S/c12-11(13,14)5-6-18-15-9(16)7-3-1-2-4-8(7)10(15)17/h1-4H,5-6H2. The van der Waals surface area contributed by atoms with Gasteiger partial charge in [-0.2, -0.15) is 0 Å². The summed E-state index contributed by atoms with van der Waals surface area (Å²) in [5.74, 6) is -0.655. The van der Waals surface area contributed by atoms with Gasteiger partial charge in [-0.1, -0.05) is 35.3 Å². The predicted molar refractivity (Wildman–Crippen MR) is 69.6 cm³/mol. The molecule has 3 nitrogen and oxygen atoms in total. The lowest BCUT2D eigenvalue weighted by Gasteiger charge is -2.13. The van der Waals surface area contributed by atoms with Crippen molar-refractivity contribution in [1.82, 2.24) is 4.31 Å². The normalized spacial score (nSPS) is 15.2. The molecule has 0 saturated carbocycles. The molecule has 2 amide bonds. The highest BCUT2D eigenvalue weighted by atomic mass is 35.5. The second-order valence-electron chi connectivity index (χ2n) is 3.65. The minimum absolute atomic E-state index is 0.134. The third kappa shape index (κ3) is 2.79. The molecule has 0 spiro atoms. The highest BCUT2D eigenvalue weighted by Crippen LogP contribution is 2.32. The molecule has 1 aromatic rings. The van der Waals surface area contributed by atoms with E-state index in [1.807, 2.05) is 0 Å². The van der Waals surface area contributed by atoms with Gasteiger partial charge in [-0.05, 0) is 24.1 Å². The Morgan fingerprint density at radius 2 is 1.67 bits per heavy atom. The lowest BCUT2D eigenvalue weighted by Crippen LogP contribution is -2.23. The van der Waals surface area contributed by atoms with E-state index < -0.39 is 16.4 Å². The molecule has 0 fully saturated rings. The van der Waals surface area contributed by atoms with Crippen LogP contribution in [0.15, 0.2) is 24.3 Å². The van der Waals surface area contributed by atoms with E-state index in [0.29, 0.717) is 11.1 Å². The van der Waals surface area contributed by atoms with E-state index in [1.165, 1.54) is 0 Å². The van der Waals surface area contributed by atoms with Crippen LogP contribution in [0.4, 0.5) is 4.39 Å². The van der Waals surface area contributed by atoms with E-state index in [0.717, 1.165) is 16.3 Å². The number of amides is 2. The number of carbonyl (C=O) groups excluding carboxylic acids is 2. The Hall–Kier alpha value is -0.780. The number of nitrogens with zero attached hydrogens (tertiary/aromatic N) is 1. The first kappa shape index (κ1) is 13.6. The molecule has 0 aliphatic carbocycles. The number of carbonyl (C=O) groups is 2. The van der Waals surface area contributed by atoms with Gasteiger partial charge in [-0.25, -0.2) is 8.70 Å². The smallest absolute Gasteiger partial charge is 0.268 e. The third-order valence-corrected chi connectivity index (χ3v) is 3.72. The first-order valence-corrected chi connectivity index (χ1v) is 6.77. The van der Waals surface area contributed by atoms with Crippen molar-refractivity contribution >= 4 is 47.0 Å². The van der Waals surface area contributed by atoms with Crippen molar-refractivity contribution in [2.45, 2.75) is 11.0 Å². The lowest BCUT2D eigenvalue weighted by atomic mass is 10.1. The molecule has 0 radical (unpaired) electrons. The van der Waals surface area contributed by atoms with E-state index in [-0.39, 0.29) is 12.2 Å². The minimum atomic E-state index is -2.34. The summed E-state index contributed by atoms with van der Waals surface area (Å²) < 4.78 is 11.5. The summed E-state index contributed by atoms with van der Waals surface area (Å²) in [5, 5.41) is 0. The van der Waals surface area contributed by atoms with Crippen molar-refractivity contribution in [3.63, 3.8) is 0 Å². The van der Waals surface area contributed by atoms with Crippen LogP contribution in [0, 0.1) is 0 Å². The Labute approximate surface area is 117 Å². The van der Waals surface area contributed by atoms with Crippen LogP contribution in [0.5, 0.6) is 0 Å². The van der Waals surface area contributed by atoms with Crippen LogP contribution in [-0.2, 0) is 0 Å². The van der Waals surface area contributed by atoms with Gasteiger partial charge in [0.1, 0.15) is 0 Å². The number of rotatable bonds is 4. The Morgan fingerprint density at radius 1 is 1.17 bits per heavy atom. The zero-order valence-corrected chi connectivity index (χ0v) is 11.4. The Balaban J connectivity index is 2.05. The predicted octanol–water partition coefficient (Wildman–Crippen LogP) is 3.42. The van der Waals surface area contributed by atoms with Crippen molar-refractivity contribution < 1.29 is 14.0 Å². The summed E-state index contributed by atoms with van der Waals surface area (Å²) in [6.07, 6.45) is -0.172. The van der Waals surface area contributed by atoms with Crippen molar-refractivity contribution in [2.24, 2.45) is 0 Å². The average molecular weight is 308 g/mol.